The summed E-state index contributed by atoms with van der Waals surface area (Å²) in [6.07, 6.45) is -2.60. The molecule has 1 atom stereocenters. The molecule has 3 rings (SSSR count). The first-order valence-corrected chi connectivity index (χ1v) is 11.6. The molecule has 11 heteroatoms. The molecule has 0 fully saturated rings. The first-order valence-electron chi connectivity index (χ1n) is 11.2. The lowest BCUT2D eigenvalue weighted by Gasteiger charge is -2.20. The van der Waals surface area contributed by atoms with Gasteiger partial charge in [-0.2, -0.15) is 13.2 Å². The number of aromatic nitrogens is 2. The maximum atomic E-state index is 13.6. The van der Waals surface area contributed by atoms with E-state index in [1.807, 2.05) is 13.8 Å². The highest BCUT2D eigenvalue weighted by Crippen LogP contribution is 2.36. The van der Waals surface area contributed by atoms with Gasteiger partial charge in [0.1, 0.15) is 5.69 Å². The van der Waals surface area contributed by atoms with E-state index in [0.29, 0.717) is 18.6 Å². The van der Waals surface area contributed by atoms with Crippen LogP contribution in [-0.2, 0) is 23.8 Å². The summed E-state index contributed by atoms with van der Waals surface area (Å²) in [4.78, 5) is 28.1. The standard InChI is InChI=1S/C25H25ClF3N3O4/c1-3-15(2)32-17(10-12-36-21-5-4-11-30-23(21)26)7-9-20(32)24(35)31-19-13-16(14-22(33)34)6-8-18(19)25(27,28)29/h4-9,11,13,15H,3,10,12,14H2,1-2H3,(H,31,35)(H,33,34)/t15-/m0/s1. The van der Waals surface area contributed by atoms with E-state index in [9.17, 15) is 22.8 Å². The van der Waals surface area contributed by atoms with Crippen LogP contribution < -0.4 is 10.1 Å². The highest BCUT2D eigenvalue weighted by atomic mass is 35.5. The summed E-state index contributed by atoms with van der Waals surface area (Å²) in [5.74, 6) is -1.52. The highest BCUT2D eigenvalue weighted by molar-refractivity contribution is 6.30. The Bertz CT molecular complexity index is 1240. The SMILES string of the molecule is CC[C@H](C)n1c(CCOc2cccnc2Cl)ccc1C(=O)Nc1cc(CC(=O)O)ccc1C(F)(F)F. The van der Waals surface area contributed by atoms with Gasteiger partial charge in [-0.25, -0.2) is 4.98 Å². The Hall–Kier alpha value is -3.53. The van der Waals surface area contributed by atoms with Crippen LogP contribution in [0.1, 0.15) is 53.6 Å². The third-order valence-corrected chi connectivity index (χ3v) is 5.88. The van der Waals surface area contributed by atoms with E-state index >= 15 is 0 Å². The van der Waals surface area contributed by atoms with Crippen LogP contribution in [0, 0.1) is 0 Å². The number of rotatable bonds is 10. The Balaban J connectivity index is 1.87. The van der Waals surface area contributed by atoms with Crippen LogP contribution in [0.4, 0.5) is 18.9 Å². The molecule has 0 bridgehead atoms. The molecule has 2 aromatic heterocycles. The average Bonchev–Trinajstić information content (AvgIpc) is 3.23. The van der Waals surface area contributed by atoms with Gasteiger partial charge in [0.25, 0.3) is 5.91 Å². The van der Waals surface area contributed by atoms with Gasteiger partial charge in [0.05, 0.1) is 24.3 Å². The molecule has 1 amide bonds. The van der Waals surface area contributed by atoms with Crippen LogP contribution >= 0.6 is 11.6 Å². The van der Waals surface area contributed by atoms with Crippen molar-refractivity contribution < 1.29 is 32.6 Å². The predicted molar refractivity (Wildman–Crippen MR) is 129 cm³/mol. The van der Waals surface area contributed by atoms with Crippen LogP contribution in [0.25, 0.3) is 0 Å². The van der Waals surface area contributed by atoms with Crippen molar-refractivity contribution in [3.8, 4) is 5.75 Å². The van der Waals surface area contributed by atoms with E-state index < -0.39 is 35.7 Å². The second-order valence-electron chi connectivity index (χ2n) is 8.13. The Morgan fingerprint density at radius 2 is 1.97 bits per heavy atom. The van der Waals surface area contributed by atoms with E-state index in [1.54, 1.807) is 28.8 Å². The number of nitrogens with zero attached hydrogens (tertiary/aromatic N) is 2. The zero-order chi connectivity index (χ0) is 26.5. The fraction of sp³-hybridized carbons (Fsp3) is 0.320. The predicted octanol–water partition coefficient (Wildman–Crippen LogP) is 6.03. The largest absolute Gasteiger partial charge is 0.490 e. The Morgan fingerprint density at radius 3 is 2.61 bits per heavy atom. The third kappa shape index (κ3) is 6.57. The number of alkyl halides is 3. The van der Waals surface area contributed by atoms with E-state index in [0.717, 1.165) is 23.9 Å². The lowest BCUT2D eigenvalue weighted by molar-refractivity contribution is -0.137. The normalized spacial score (nSPS) is 12.3. The Labute approximate surface area is 210 Å². The van der Waals surface area contributed by atoms with Gasteiger partial charge in [0, 0.05) is 24.4 Å². The van der Waals surface area contributed by atoms with Crippen molar-refractivity contribution in [3.05, 3.63) is 76.3 Å². The van der Waals surface area contributed by atoms with Gasteiger partial charge in [-0.15, -0.1) is 0 Å². The molecule has 0 radical (unpaired) electrons. The van der Waals surface area contributed by atoms with Gasteiger partial charge < -0.3 is 19.7 Å². The summed E-state index contributed by atoms with van der Waals surface area (Å²) in [6, 6.07) is 9.40. The molecule has 1 aromatic carbocycles. The molecule has 7 nitrogen and oxygen atoms in total. The molecule has 2 N–H and O–H groups in total. The summed E-state index contributed by atoms with van der Waals surface area (Å²) < 4.78 is 48.2. The van der Waals surface area contributed by atoms with E-state index in [2.05, 4.69) is 10.3 Å². The summed E-state index contributed by atoms with van der Waals surface area (Å²) in [5, 5.41) is 11.6. The topological polar surface area (TPSA) is 93.5 Å². The van der Waals surface area contributed by atoms with Gasteiger partial charge in [-0.05, 0) is 55.3 Å². The number of hydrogen-bond acceptors (Lipinski definition) is 4. The number of carbonyl (C=O) groups is 2. The molecule has 3 aromatic rings. The Kier molecular flexibility index (Phi) is 8.62. The highest BCUT2D eigenvalue weighted by Gasteiger charge is 2.34. The number of aliphatic carboxylic acids is 1. The number of nitrogens with one attached hydrogen (secondary N) is 1. The molecule has 0 saturated heterocycles. The average molecular weight is 524 g/mol. The molecule has 0 aliphatic carbocycles. The van der Waals surface area contributed by atoms with Crippen molar-refractivity contribution in [2.24, 2.45) is 0 Å². The summed E-state index contributed by atoms with van der Waals surface area (Å²) in [6.45, 7) is 4.06. The lowest BCUT2D eigenvalue weighted by Crippen LogP contribution is -2.22. The monoisotopic (exact) mass is 523 g/mol. The van der Waals surface area contributed by atoms with Crippen molar-refractivity contribution in [1.29, 1.82) is 0 Å². The Morgan fingerprint density at radius 1 is 1.22 bits per heavy atom. The number of carbonyl (C=O) groups excluding carboxylic acids is 1. The van der Waals surface area contributed by atoms with Crippen LogP contribution in [0.3, 0.4) is 0 Å². The van der Waals surface area contributed by atoms with Crippen LogP contribution in [0.5, 0.6) is 5.75 Å². The van der Waals surface area contributed by atoms with Gasteiger partial charge in [0.15, 0.2) is 10.9 Å². The summed E-state index contributed by atoms with van der Waals surface area (Å²) >= 11 is 6.01. The van der Waals surface area contributed by atoms with E-state index in [1.165, 1.54) is 6.20 Å². The number of carboxylic acids is 1. The molecule has 192 valence electrons. The quantitative estimate of drug-likeness (QED) is 0.317. The lowest BCUT2D eigenvalue weighted by atomic mass is 10.1. The maximum absolute atomic E-state index is 13.6. The van der Waals surface area contributed by atoms with Gasteiger partial charge >= 0.3 is 12.1 Å². The molecular weight excluding hydrogens is 499 g/mol. The van der Waals surface area contributed by atoms with Crippen molar-refractivity contribution in [2.45, 2.75) is 45.3 Å². The number of halogens is 4. The number of ether oxygens (including phenoxy) is 1. The molecule has 36 heavy (non-hydrogen) atoms. The molecule has 0 saturated carbocycles. The number of carboxylic acid groups (broad SMARTS) is 1. The minimum atomic E-state index is -4.74. The smallest absolute Gasteiger partial charge is 0.418 e. The molecule has 0 aliphatic rings. The second kappa shape index (κ2) is 11.5. The van der Waals surface area contributed by atoms with E-state index in [-0.39, 0.29) is 29.1 Å². The van der Waals surface area contributed by atoms with Crippen LogP contribution in [0.15, 0.2) is 48.7 Å². The van der Waals surface area contributed by atoms with E-state index in [4.69, 9.17) is 21.4 Å². The summed E-state index contributed by atoms with van der Waals surface area (Å²) in [7, 11) is 0. The van der Waals surface area contributed by atoms with Gasteiger partial charge in [-0.3, -0.25) is 9.59 Å². The number of hydrogen-bond donors (Lipinski definition) is 2. The fourth-order valence-corrected chi connectivity index (χ4v) is 3.91. The molecule has 2 heterocycles. The molecule has 0 unspecified atom stereocenters. The van der Waals surface area contributed by atoms with Crippen molar-refractivity contribution in [1.82, 2.24) is 9.55 Å². The molecule has 0 aliphatic heterocycles. The van der Waals surface area contributed by atoms with Crippen LogP contribution in [-0.4, -0.2) is 33.1 Å². The zero-order valence-corrected chi connectivity index (χ0v) is 20.4. The number of anilines is 1. The number of amides is 1. The van der Waals surface area contributed by atoms with Gasteiger partial charge in [0.2, 0.25) is 0 Å². The molecular formula is C25H25ClF3N3O4. The van der Waals surface area contributed by atoms with Crippen molar-refractivity contribution >= 4 is 29.2 Å². The van der Waals surface area contributed by atoms with Crippen molar-refractivity contribution in [2.75, 3.05) is 11.9 Å². The minimum Gasteiger partial charge on any atom is -0.490 e. The van der Waals surface area contributed by atoms with Crippen molar-refractivity contribution in [3.63, 3.8) is 0 Å². The fourth-order valence-electron chi connectivity index (χ4n) is 3.74. The van der Waals surface area contributed by atoms with Crippen LogP contribution in [0.2, 0.25) is 5.15 Å². The summed E-state index contributed by atoms with van der Waals surface area (Å²) in [5.41, 5.74) is -0.497. The molecule has 0 spiro atoms. The second-order valence-corrected chi connectivity index (χ2v) is 8.49. The first-order chi connectivity index (χ1) is 17.0. The first kappa shape index (κ1) is 27.1. The third-order valence-electron chi connectivity index (χ3n) is 5.60. The maximum Gasteiger partial charge on any atom is 0.418 e. The zero-order valence-electron chi connectivity index (χ0n) is 19.6. The number of pyridine rings is 1. The minimum absolute atomic E-state index is 0.127. The number of benzene rings is 1. The van der Waals surface area contributed by atoms with Gasteiger partial charge in [-0.1, -0.05) is 24.6 Å².